The second kappa shape index (κ2) is 4.79. The number of aromatic nitrogens is 2. The molecule has 0 bridgehead atoms. The first kappa shape index (κ1) is 12.0. The van der Waals surface area contributed by atoms with E-state index in [0.717, 1.165) is 16.9 Å². The van der Waals surface area contributed by atoms with Crippen molar-refractivity contribution >= 4 is 21.6 Å². The molecule has 2 rings (SSSR count). The van der Waals surface area contributed by atoms with Crippen LogP contribution in [0.4, 0.5) is 5.69 Å². The fourth-order valence-electron chi connectivity index (χ4n) is 1.63. The first-order chi connectivity index (χ1) is 8.06. The van der Waals surface area contributed by atoms with Gasteiger partial charge in [-0.25, -0.2) is 0 Å². The molecule has 0 aliphatic carbocycles. The van der Waals surface area contributed by atoms with Crippen molar-refractivity contribution in [3.8, 4) is 5.75 Å². The first-order valence-electron chi connectivity index (χ1n) is 5.28. The molecule has 90 valence electrons. The maximum atomic E-state index is 9.40. The number of anilines is 1. The molecule has 0 aliphatic rings. The Bertz CT molecular complexity index is 537. The number of aromatic hydroxyl groups is 1. The molecule has 5 heteroatoms. The maximum Gasteiger partial charge on any atom is 0.129 e. The molecule has 2 N–H and O–H groups in total. The Labute approximate surface area is 108 Å². The summed E-state index contributed by atoms with van der Waals surface area (Å²) in [5, 5.41) is 17.0. The van der Waals surface area contributed by atoms with Crippen LogP contribution in [-0.4, -0.2) is 14.9 Å². The van der Waals surface area contributed by atoms with Gasteiger partial charge in [-0.1, -0.05) is 6.07 Å². The highest BCUT2D eigenvalue weighted by Gasteiger charge is 2.03. The summed E-state index contributed by atoms with van der Waals surface area (Å²) in [6.45, 7) is 2.67. The van der Waals surface area contributed by atoms with Crippen molar-refractivity contribution in [3.63, 3.8) is 0 Å². The molecule has 17 heavy (non-hydrogen) atoms. The molecule has 0 spiro atoms. The highest BCUT2D eigenvalue weighted by molar-refractivity contribution is 9.10. The lowest BCUT2D eigenvalue weighted by atomic mass is 10.2. The minimum atomic E-state index is 0.256. The van der Waals surface area contributed by atoms with E-state index >= 15 is 0 Å². The molecule has 2 aromatic rings. The van der Waals surface area contributed by atoms with Crippen LogP contribution in [0.2, 0.25) is 0 Å². The number of hydrogen-bond donors (Lipinski definition) is 2. The van der Waals surface area contributed by atoms with Gasteiger partial charge in [-0.15, -0.1) is 0 Å². The van der Waals surface area contributed by atoms with Gasteiger partial charge in [0, 0.05) is 19.8 Å². The maximum absolute atomic E-state index is 9.40. The van der Waals surface area contributed by atoms with Crippen molar-refractivity contribution in [2.24, 2.45) is 7.05 Å². The number of benzene rings is 1. The number of phenols is 1. The summed E-state index contributed by atoms with van der Waals surface area (Å²) in [7, 11) is 1.90. The molecule has 1 aromatic heterocycles. The number of aryl methyl sites for hydroxylation is 2. The standard InChI is InChI=1S/C12H14BrN3O/c1-8-11(7-16(2)15-8)14-6-9-3-4-12(17)10(13)5-9/h3-5,7,14,17H,6H2,1-2H3. The van der Waals surface area contributed by atoms with Crippen LogP contribution in [-0.2, 0) is 13.6 Å². The van der Waals surface area contributed by atoms with E-state index in [9.17, 15) is 5.11 Å². The van der Waals surface area contributed by atoms with Crippen molar-refractivity contribution < 1.29 is 5.11 Å². The molecule has 0 saturated heterocycles. The third-order valence-electron chi connectivity index (χ3n) is 2.51. The molecule has 0 aliphatic heterocycles. The van der Waals surface area contributed by atoms with Gasteiger partial charge in [0.1, 0.15) is 5.75 Å². The largest absolute Gasteiger partial charge is 0.507 e. The summed E-state index contributed by atoms with van der Waals surface area (Å²) in [6, 6.07) is 5.46. The van der Waals surface area contributed by atoms with Crippen LogP contribution in [0, 0.1) is 6.92 Å². The van der Waals surface area contributed by atoms with E-state index in [1.165, 1.54) is 0 Å². The summed E-state index contributed by atoms with van der Waals surface area (Å²) in [5.74, 6) is 0.256. The van der Waals surface area contributed by atoms with Gasteiger partial charge in [0.15, 0.2) is 0 Å². The number of rotatable bonds is 3. The van der Waals surface area contributed by atoms with E-state index in [-0.39, 0.29) is 5.75 Å². The third-order valence-corrected chi connectivity index (χ3v) is 3.14. The Morgan fingerprint density at radius 1 is 1.47 bits per heavy atom. The number of nitrogens with zero attached hydrogens (tertiary/aromatic N) is 2. The summed E-state index contributed by atoms with van der Waals surface area (Å²) < 4.78 is 2.49. The van der Waals surface area contributed by atoms with E-state index in [1.54, 1.807) is 10.7 Å². The monoisotopic (exact) mass is 295 g/mol. The predicted octanol–water partition coefficient (Wildman–Crippen LogP) is 2.81. The van der Waals surface area contributed by atoms with E-state index in [4.69, 9.17) is 0 Å². The Balaban J connectivity index is 2.07. The van der Waals surface area contributed by atoms with E-state index in [2.05, 4.69) is 26.3 Å². The topological polar surface area (TPSA) is 50.1 Å². The zero-order valence-electron chi connectivity index (χ0n) is 9.74. The minimum absolute atomic E-state index is 0.256. The highest BCUT2D eigenvalue weighted by atomic mass is 79.9. The Morgan fingerprint density at radius 2 is 2.24 bits per heavy atom. The molecule has 4 nitrogen and oxygen atoms in total. The van der Waals surface area contributed by atoms with Crippen LogP contribution in [0.1, 0.15) is 11.3 Å². The Kier molecular flexibility index (Phi) is 3.38. The van der Waals surface area contributed by atoms with Gasteiger partial charge in [0.05, 0.1) is 15.9 Å². The van der Waals surface area contributed by atoms with Crippen molar-refractivity contribution in [2.75, 3.05) is 5.32 Å². The van der Waals surface area contributed by atoms with Crippen molar-refractivity contribution in [2.45, 2.75) is 13.5 Å². The second-order valence-corrected chi connectivity index (χ2v) is 4.80. The van der Waals surface area contributed by atoms with Crippen molar-refractivity contribution in [1.29, 1.82) is 0 Å². The number of hydrogen-bond acceptors (Lipinski definition) is 3. The minimum Gasteiger partial charge on any atom is -0.507 e. The van der Waals surface area contributed by atoms with Crippen LogP contribution >= 0.6 is 15.9 Å². The second-order valence-electron chi connectivity index (χ2n) is 3.94. The first-order valence-corrected chi connectivity index (χ1v) is 6.07. The van der Waals surface area contributed by atoms with Gasteiger partial charge >= 0.3 is 0 Å². The third kappa shape index (κ3) is 2.79. The van der Waals surface area contributed by atoms with E-state index in [1.807, 2.05) is 32.3 Å². The molecule has 0 fully saturated rings. The van der Waals surface area contributed by atoms with Crippen LogP contribution in [0.3, 0.4) is 0 Å². The average molecular weight is 296 g/mol. The van der Waals surface area contributed by atoms with Crippen LogP contribution < -0.4 is 5.32 Å². The van der Waals surface area contributed by atoms with Gasteiger partial charge in [-0.05, 0) is 40.5 Å². The molecular weight excluding hydrogens is 282 g/mol. The van der Waals surface area contributed by atoms with Crippen molar-refractivity contribution in [1.82, 2.24) is 9.78 Å². The average Bonchev–Trinajstić information content (AvgIpc) is 2.59. The highest BCUT2D eigenvalue weighted by Crippen LogP contribution is 2.24. The normalized spacial score (nSPS) is 10.5. The van der Waals surface area contributed by atoms with Crippen LogP contribution in [0.5, 0.6) is 5.75 Å². The lowest BCUT2D eigenvalue weighted by Gasteiger charge is -2.06. The fourth-order valence-corrected chi connectivity index (χ4v) is 2.06. The van der Waals surface area contributed by atoms with Gasteiger partial charge in [-0.2, -0.15) is 5.10 Å². The fraction of sp³-hybridized carbons (Fsp3) is 0.250. The summed E-state index contributed by atoms with van der Waals surface area (Å²) >= 11 is 3.30. The Morgan fingerprint density at radius 3 is 2.82 bits per heavy atom. The van der Waals surface area contributed by atoms with Crippen LogP contribution in [0.25, 0.3) is 0 Å². The zero-order chi connectivity index (χ0) is 12.4. The molecular formula is C12H14BrN3O. The van der Waals surface area contributed by atoms with Gasteiger partial charge in [0.25, 0.3) is 0 Å². The molecule has 1 aromatic carbocycles. The van der Waals surface area contributed by atoms with Gasteiger partial charge in [0.2, 0.25) is 0 Å². The molecule has 0 unspecified atom stereocenters. The summed E-state index contributed by atoms with van der Waals surface area (Å²) in [5.41, 5.74) is 3.10. The molecule has 0 atom stereocenters. The number of nitrogens with one attached hydrogen (secondary N) is 1. The van der Waals surface area contributed by atoms with Gasteiger partial charge in [-0.3, -0.25) is 4.68 Å². The quantitative estimate of drug-likeness (QED) is 0.915. The van der Waals surface area contributed by atoms with Gasteiger partial charge < -0.3 is 10.4 Å². The molecule has 0 amide bonds. The zero-order valence-corrected chi connectivity index (χ0v) is 11.3. The smallest absolute Gasteiger partial charge is 0.129 e. The number of halogens is 1. The predicted molar refractivity (Wildman–Crippen MR) is 71.1 cm³/mol. The summed E-state index contributed by atoms with van der Waals surface area (Å²) in [6.07, 6.45) is 1.95. The lowest BCUT2D eigenvalue weighted by Crippen LogP contribution is -1.99. The molecule has 0 radical (unpaired) electrons. The molecule has 1 heterocycles. The summed E-state index contributed by atoms with van der Waals surface area (Å²) in [4.78, 5) is 0. The van der Waals surface area contributed by atoms with E-state index < -0.39 is 0 Å². The van der Waals surface area contributed by atoms with E-state index in [0.29, 0.717) is 11.0 Å². The van der Waals surface area contributed by atoms with Crippen molar-refractivity contribution in [3.05, 3.63) is 40.1 Å². The Hall–Kier alpha value is -1.49. The lowest BCUT2D eigenvalue weighted by molar-refractivity contribution is 0.471. The molecule has 0 saturated carbocycles. The SMILES string of the molecule is Cc1nn(C)cc1NCc1ccc(O)c(Br)c1. The number of phenolic OH excluding ortho intramolecular Hbond substituents is 1. The van der Waals surface area contributed by atoms with Crippen LogP contribution in [0.15, 0.2) is 28.9 Å².